The van der Waals surface area contributed by atoms with Crippen molar-refractivity contribution in [3.63, 3.8) is 0 Å². The second kappa shape index (κ2) is 6.00. The molecule has 0 aromatic rings. The predicted molar refractivity (Wildman–Crippen MR) is 62.4 cm³/mol. The monoisotopic (exact) mass is 249 g/mol. The lowest BCUT2D eigenvalue weighted by atomic mass is 10.1. The van der Waals surface area contributed by atoms with Gasteiger partial charge in [0.1, 0.15) is 0 Å². The van der Waals surface area contributed by atoms with E-state index in [9.17, 15) is 13.2 Å². The second-order valence-electron chi connectivity index (χ2n) is 3.75. The summed E-state index contributed by atoms with van der Waals surface area (Å²) in [5.74, 6) is -0.894. The standard InChI is InChI=1S/C10H19NO4S/c1-5-7(3)9(12)11-10(8(4)6-2)16(13,14)15/h8,10H,3,5-6H2,1-2,4H3,(H,11,12)(H,13,14,15). The van der Waals surface area contributed by atoms with Crippen LogP contribution in [0.1, 0.15) is 33.6 Å². The highest BCUT2D eigenvalue weighted by molar-refractivity contribution is 7.86. The summed E-state index contributed by atoms with van der Waals surface area (Å²) in [6, 6.07) is 0. The third-order valence-corrected chi connectivity index (χ3v) is 3.73. The molecule has 6 heteroatoms. The van der Waals surface area contributed by atoms with Crippen molar-refractivity contribution in [2.24, 2.45) is 5.92 Å². The largest absolute Gasteiger partial charge is 0.334 e. The van der Waals surface area contributed by atoms with Crippen molar-refractivity contribution in [3.05, 3.63) is 12.2 Å². The fraction of sp³-hybridized carbons (Fsp3) is 0.700. The van der Waals surface area contributed by atoms with Gasteiger partial charge in [0.05, 0.1) is 0 Å². The van der Waals surface area contributed by atoms with Crippen LogP contribution in [-0.4, -0.2) is 24.3 Å². The molecule has 1 amide bonds. The Bertz CT molecular complexity index is 361. The van der Waals surface area contributed by atoms with Gasteiger partial charge in [0.25, 0.3) is 10.1 Å². The maximum atomic E-state index is 11.5. The van der Waals surface area contributed by atoms with E-state index in [-0.39, 0.29) is 11.5 Å². The van der Waals surface area contributed by atoms with Crippen LogP contribution in [0.4, 0.5) is 0 Å². The molecular formula is C10H19NO4S. The van der Waals surface area contributed by atoms with Crippen LogP contribution in [0.15, 0.2) is 12.2 Å². The summed E-state index contributed by atoms with van der Waals surface area (Å²) in [7, 11) is -4.29. The lowest BCUT2D eigenvalue weighted by molar-refractivity contribution is -0.118. The predicted octanol–water partition coefficient (Wildman–Crippen LogP) is 1.33. The molecule has 16 heavy (non-hydrogen) atoms. The van der Waals surface area contributed by atoms with Gasteiger partial charge in [0, 0.05) is 5.57 Å². The first-order valence-corrected chi connectivity index (χ1v) is 6.69. The first-order chi connectivity index (χ1) is 7.23. The molecule has 5 nitrogen and oxygen atoms in total. The van der Waals surface area contributed by atoms with E-state index in [1.54, 1.807) is 20.8 Å². The van der Waals surface area contributed by atoms with Crippen molar-refractivity contribution in [2.45, 2.75) is 39.0 Å². The number of amides is 1. The zero-order valence-electron chi connectivity index (χ0n) is 9.86. The Labute approximate surface area is 96.7 Å². The molecule has 0 aromatic heterocycles. The van der Waals surface area contributed by atoms with Crippen LogP contribution < -0.4 is 5.32 Å². The van der Waals surface area contributed by atoms with Crippen LogP contribution in [0.25, 0.3) is 0 Å². The topological polar surface area (TPSA) is 83.5 Å². The lowest BCUT2D eigenvalue weighted by Crippen LogP contribution is -2.45. The van der Waals surface area contributed by atoms with Crippen LogP contribution in [0.3, 0.4) is 0 Å². The molecular weight excluding hydrogens is 230 g/mol. The van der Waals surface area contributed by atoms with E-state index in [1.807, 2.05) is 0 Å². The van der Waals surface area contributed by atoms with Crippen molar-refractivity contribution in [3.8, 4) is 0 Å². The second-order valence-corrected chi connectivity index (χ2v) is 5.29. The van der Waals surface area contributed by atoms with Crippen LogP contribution in [0.2, 0.25) is 0 Å². The Morgan fingerprint density at radius 1 is 1.44 bits per heavy atom. The van der Waals surface area contributed by atoms with E-state index < -0.39 is 21.4 Å². The van der Waals surface area contributed by atoms with Gasteiger partial charge in [-0.2, -0.15) is 8.42 Å². The average Bonchev–Trinajstić information content (AvgIpc) is 2.21. The van der Waals surface area contributed by atoms with Crippen LogP contribution in [0, 0.1) is 5.92 Å². The summed E-state index contributed by atoms with van der Waals surface area (Å²) in [4.78, 5) is 11.5. The molecule has 0 heterocycles. The Morgan fingerprint density at radius 2 is 1.94 bits per heavy atom. The number of hydrogen-bond donors (Lipinski definition) is 2. The van der Waals surface area contributed by atoms with Gasteiger partial charge >= 0.3 is 0 Å². The molecule has 0 aliphatic carbocycles. The molecule has 2 unspecified atom stereocenters. The minimum atomic E-state index is -4.29. The SMILES string of the molecule is C=C(CC)C(=O)NC(C(C)CC)S(=O)(=O)O. The fourth-order valence-electron chi connectivity index (χ4n) is 1.12. The van der Waals surface area contributed by atoms with E-state index in [4.69, 9.17) is 4.55 Å². The summed E-state index contributed by atoms with van der Waals surface area (Å²) in [5, 5.41) is 1.01. The van der Waals surface area contributed by atoms with Crippen molar-refractivity contribution >= 4 is 16.0 Å². The maximum absolute atomic E-state index is 11.5. The summed E-state index contributed by atoms with van der Waals surface area (Å²) in [6.45, 7) is 8.68. The number of carbonyl (C=O) groups excluding carboxylic acids is 1. The molecule has 2 atom stereocenters. The molecule has 0 bridgehead atoms. The Balaban J connectivity index is 4.84. The number of hydrogen-bond acceptors (Lipinski definition) is 3. The smallest absolute Gasteiger partial charge is 0.286 e. The molecule has 0 saturated carbocycles. The molecule has 0 spiro atoms. The maximum Gasteiger partial charge on any atom is 0.286 e. The van der Waals surface area contributed by atoms with Crippen LogP contribution in [-0.2, 0) is 14.9 Å². The van der Waals surface area contributed by atoms with E-state index in [0.29, 0.717) is 12.8 Å². The first kappa shape index (κ1) is 15.1. The minimum absolute atomic E-state index is 0.289. The van der Waals surface area contributed by atoms with Crippen LogP contribution >= 0.6 is 0 Å². The highest BCUT2D eigenvalue weighted by atomic mass is 32.2. The average molecular weight is 249 g/mol. The molecule has 0 saturated heterocycles. The Morgan fingerprint density at radius 3 is 2.25 bits per heavy atom. The van der Waals surface area contributed by atoms with Gasteiger partial charge in [0.15, 0.2) is 5.37 Å². The van der Waals surface area contributed by atoms with E-state index in [1.165, 1.54) is 0 Å². The highest BCUT2D eigenvalue weighted by Crippen LogP contribution is 2.13. The molecule has 0 aliphatic heterocycles. The van der Waals surface area contributed by atoms with Crippen molar-refractivity contribution in [2.75, 3.05) is 0 Å². The zero-order valence-corrected chi connectivity index (χ0v) is 10.7. The molecule has 2 N–H and O–H groups in total. The van der Waals surface area contributed by atoms with E-state index >= 15 is 0 Å². The molecule has 0 rings (SSSR count). The summed E-state index contributed by atoms with van der Waals surface area (Å²) in [5.41, 5.74) is 0.289. The van der Waals surface area contributed by atoms with Gasteiger partial charge in [-0.05, 0) is 12.3 Å². The first-order valence-electron chi connectivity index (χ1n) is 5.18. The molecule has 0 aliphatic rings. The van der Waals surface area contributed by atoms with Crippen molar-refractivity contribution in [1.82, 2.24) is 5.32 Å². The normalized spacial score (nSPS) is 15.2. The Hall–Kier alpha value is -0.880. The number of nitrogens with one attached hydrogen (secondary N) is 1. The zero-order chi connectivity index (χ0) is 12.9. The lowest BCUT2D eigenvalue weighted by Gasteiger charge is -2.21. The van der Waals surface area contributed by atoms with Crippen molar-refractivity contribution in [1.29, 1.82) is 0 Å². The number of rotatable bonds is 6. The highest BCUT2D eigenvalue weighted by Gasteiger charge is 2.30. The van der Waals surface area contributed by atoms with Gasteiger partial charge in [-0.3, -0.25) is 9.35 Å². The third-order valence-electron chi connectivity index (χ3n) is 2.50. The molecule has 94 valence electrons. The molecule has 0 fully saturated rings. The minimum Gasteiger partial charge on any atom is -0.334 e. The summed E-state index contributed by atoms with van der Waals surface area (Å²) < 4.78 is 31.2. The summed E-state index contributed by atoms with van der Waals surface area (Å²) in [6.07, 6.45) is 0.966. The van der Waals surface area contributed by atoms with Gasteiger partial charge in [-0.25, -0.2) is 0 Å². The summed E-state index contributed by atoms with van der Waals surface area (Å²) >= 11 is 0. The van der Waals surface area contributed by atoms with Crippen LogP contribution in [0.5, 0.6) is 0 Å². The van der Waals surface area contributed by atoms with Gasteiger partial charge in [-0.15, -0.1) is 0 Å². The molecule has 0 aromatic carbocycles. The van der Waals surface area contributed by atoms with E-state index in [0.717, 1.165) is 0 Å². The van der Waals surface area contributed by atoms with Crippen molar-refractivity contribution < 1.29 is 17.8 Å². The van der Waals surface area contributed by atoms with Gasteiger partial charge in [0.2, 0.25) is 5.91 Å². The quantitative estimate of drug-likeness (QED) is 0.549. The number of carbonyl (C=O) groups is 1. The van der Waals surface area contributed by atoms with E-state index in [2.05, 4.69) is 11.9 Å². The third kappa shape index (κ3) is 4.32. The van der Waals surface area contributed by atoms with Gasteiger partial charge in [-0.1, -0.05) is 33.8 Å². The van der Waals surface area contributed by atoms with Gasteiger partial charge < -0.3 is 5.32 Å². The Kier molecular flexibility index (Phi) is 5.67. The fourth-order valence-corrected chi connectivity index (χ4v) is 2.15. The molecule has 0 radical (unpaired) electrons.